The van der Waals surface area contributed by atoms with Crippen molar-refractivity contribution in [3.8, 4) is 5.75 Å². The summed E-state index contributed by atoms with van der Waals surface area (Å²) in [7, 11) is 0. The number of nitrogens with zero attached hydrogens (tertiary/aromatic N) is 1. The third-order valence-corrected chi connectivity index (χ3v) is 3.77. The number of hydrogen-bond donors (Lipinski definition) is 1. The molecule has 0 aliphatic carbocycles. The minimum absolute atomic E-state index is 0.166. The Bertz CT molecular complexity index is 833. The van der Waals surface area contributed by atoms with Gasteiger partial charge in [0.25, 0.3) is 11.5 Å². The fourth-order valence-electron chi connectivity index (χ4n) is 2.37. The average molecular weight is 338 g/mol. The highest BCUT2D eigenvalue weighted by Gasteiger charge is 2.49. The Morgan fingerprint density at radius 2 is 2.00 bits per heavy atom. The smallest absolute Gasteiger partial charge is 0.360 e. The number of pyridine rings is 1. The predicted molar refractivity (Wildman–Crippen MR) is 93.9 cm³/mol. The molecule has 1 N–H and O–H groups in total. The van der Waals surface area contributed by atoms with Gasteiger partial charge in [0, 0.05) is 0 Å². The van der Waals surface area contributed by atoms with Crippen LogP contribution < -0.4 is 10.1 Å². The number of ether oxygens (including phenoxy) is 2. The molecule has 0 saturated carbocycles. The molecule has 0 bridgehead atoms. The number of amides is 1. The van der Waals surface area contributed by atoms with Crippen molar-refractivity contribution < 1.29 is 19.1 Å². The van der Waals surface area contributed by atoms with Gasteiger partial charge in [0.05, 0.1) is 12.3 Å². The van der Waals surface area contributed by atoms with E-state index in [0.29, 0.717) is 11.4 Å². The number of carbonyl (C=O) groups excluding carboxylic acids is 2. The summed E-state index contributed by atoms with van der Waals surface area (Å²) >= 11 is 0. The van der Waals surface area contributed by atoms with Crippen LogP contribution in [0.15, 0.2) is 42.5 Å². The van der Waals surface area contributed by atoms with E-state index in [-0.39, 0.29) is 12.4 Å². The standard InChI is InChI=1S/C19H18N2O4/c1-3-24-18(23)19(2)17(22)21-16-15(25-19)12-11-14(20-16)10-9-13-7-5-4-6-8-13/h4-12H,3H2,1-2H3,(H,20,21,22). The topological polar surface area (TPSA) is 77.5 Å². The number of fused-ring (bicyclic) bond motifs is 1. The van der Waals surface area contributed by atoms with Crippen LogP contribution in [0.4, 0.5) is 5.82 Å². The van der Waals surface area contributed by atoms with Gasteiger partial charge in [-0.3, -0.25) is 4.79 Å². The molecule has 6 heteroatoms. The molecular weight excluding hydrogens is 320 g/mol. The lowest BCUT2D eigenvalue weighted by Crippen LogP contribution is -2.55. The van der Waals surface area contributed by atoms with Crippen LogP contribution in [-0.4, -0.2) is 29.1 Å². The summed E-state index contributed by atoms with van der Waals surface area (Å²) in [6.07, 6.45) is 3.75. The Hall–Kier alpha value is -3.15. The van der Waals surface area contributed by atoms with E-state index >= 15 is 0 Å². The van der Waals surface area contributed by atoms with Gasteiger partial charge in [-0.2, -0.15) is 0 Å². The highest BCUT2D eigenvalue weighted by molar-refractivity contribution is 6.13. The van der Waals surface area contributed by atoms with E-state index in [1.165, 1.54) is 6.92 Å². The Kier molecular flexibility index (Phi) is 4.52. The van der Waals surface area contributed by atoms with Gasteiger partial charge in [0.15, 0.2) is 11.6 Å². The molecule has 0 radical (unpaired) electrons. The van der Waals surface area contributed by atoms with Crippen LogP contribution in [0.2, 0.25) is 0 Å². The maximum Gasteiger partial charge on any atom is 0.360 e. The summed E-state index contributed by atoms with van der Waals surface area (Å²) in [6, 6.07) is 13.2. The van der Waals surface area contributed by atoms with Crippen LogP contribution >= 0.6 is 0 Å². The number of carbonyl (C=O) groups is 2. The third-order valence-electron chi connectivity index (χ3n) is 3.77. The van der Waals surface area contributed by atoms with E-state index in [0.717, 1.165) is 5.56 Å². The molecule has 1 amide bonds. The molecule has 2 heterocycles. The molecule has 3 rings (SSSR count). The lowest BCUT2D eigenvalue weighted by molar-refractivity contribution is -0.165. The predicted octanol–water partition coefficient (Wildman–Crippen LogP) is 2.90. The fraction of sp³-hybridized carbons (Fsp3) is 0.211. The zero-order valence-corrected chi connectivity index (χ0v) is 14.0. The minimum Gasteiger partial charge on any atom is -0.463 e. The zero-order chi connectivity index (χ0) is 17.9. The molecule has 1 aromatic carbocycles. The molecule has 25 heavy (non-hydrogen) atoms. The van der Waals surface area contributed by atoms with Gasteiger partial charge in [0.1, 0.15) is 0 Å². The molecular formula is C19H18N2O4. The van der Waals surface area contributed by atoms with Crippen molar-refractivity contribution in [2.24, 2.45) is 0 Å². The first-order valence-corrected chi connectivity index (χ1v) is 7.95. The monoisotopic (exact) mass is 338 g/mol. The number of benzene rings is 1. The third kappa shape index (κ3) is 3.38. The first kappa shape index (κ1) is 16.7. The van der Waals surface area contributed by atoms with E-state index in [1.54, 1.807) is 19.1 Å². The lowest BCUT2D eigenvalue weighted by atomic mass is 10.0. The molecule has 0 fully saturated rings. The number of aromatic nitrogens is 1. The highest BCUT2D eigenvalue weighted by atomic mass is 16.6. The van der Waals surface area contributed by atoms with Crippen molar-refractivity contribution in [3.05, 3.63) is 53.7 Å². The maximum atomic E-state index is 12.3. The van der Waals surface area contributed by atoms with Crippen LogP contribution in [0.1, 0.15) is 25.1 Å². The molecule has 0 saturated heterocycles. The second-order valence-corrected chi connectivity index (χ2v) is 5.64. The van der Waals surface area contributed by atoms with Gasteiger partial charge < -0.3 is 14.8 Å². The van der Waals surface area contributed by atoms with Gasteiger partial charge in [-0.05, 0) is 37.6 Å². The van der Waals surface area contributed by atoms with Crippen LogP contribution in [0.25, 0.3) is 12.2 Å². The van der Waals surface area contributed by atoms with Gasteiger partial charge in [-0.1, -0.05) is 36.4 Å². The van der Waals surface area contributed by atoms with Crippen molar-refractivity contribution in [1.82, 2.24) is 4.98 Å². The van der Waals surface area contributed by atoms with Gasteiger partial charge in [-0.15, -0.1) is 0 Å². The first-order valence-electron chi connectivity index (χ1n) is 7.95. The van der Waals surface area contributed by atoms with Crippen LogP contribution in [0, 0.1) is 0 Å². The maximum absolute atomic E-state index is 12.3. The van der Waals surface area contributed by atoms with E-state index in [9.17, 15) is 9.59 Å². The summed E-state index contributed by atoms with van der Waals surface area (Å²) in [4.78, 5) is 28.7. The molecule has 1 unspecified atom stereocenters. The Balaban J connectivity index is 1.83. The lowest BCUT2D eigenvalue weighted by Gasteiger charge is -2.31. The van der Waals surface area contributed by atoms with E-state index in [2.05, 4.69) is 10.3 Å². The second-order valence-electron chi connectivity index (χ2n) is 5.64. The summed E-state index contributed by atoms with van der Waals surface area (Å²) in [6.45, 7) is 3.22. The van der Waals surface area contributed by atoms with E-state index in [1.807, 2.05) is 42.5 Å². The summed E-state index contributed by atoms with van der Waals surface area (Å²) in [5.41, 5.74) is -0.0186. The molecule has 6 nitrogen and oxygen atoms in total. The quantitative estimate of drug-likeness (QED) is 0.685. The molecule has 1 aromatic heterocycles. The normalized spacial score (nSPS) is 19.0. The molecule has 1 atom stereocenters. The highest BCUT2D eigenvalue weighted by Crippen LogP contribution is 2.33. The number of rotatable bonds is 4. The first-order chi connectivity index (χ1) is 12.0. The minimum atomic E-state index is -1.72. The largest absolute Gasteiger partial charge is 0.463 e. The summed E-state index contributed by atoms with van der Waals surface area (Å²) in [5, 5.41) is 2.62. The van der Waals surface area contributed by atoms with E-state index < -0.39 is 17.5 Å². The fourth-order valence-corrected chi connectivity index (χ4v) is 2.37. The van der Waals surface area contributed by atoms with Gasteiger partial charge in [-0.25, -0.2) is 9.78 Å². The van der Waals surface area contributed by atoms with Gasteiger partial charge >= 0.3 is 5.97 Å². The van der Waals surface area contributed by atoms with Crippen molar-refractivity contribution in [1.29, 1.82) is 0 Å². The SMILES string of the molecule is CCOC(=O)C1(C)Oc2ccc(C=Cc3ccccc3)nc2NC1=O. The second kappa shape index (κ2) is 6.76. The number of esters is 1. The average Bonchev–Trinajstić information content (AvgIpc) is 2.62. The summed E-state index contributed by atoms with van der Waals surface area (Å²) < 4.78 is 10.5. The summed E-state index contributed by atoms with van der Waals surface area (Å²) in [5.74, 6) is -0.727. The molecule has 2 aromatic rings. The number of hydrogen-bond acceptors (Lipinski definition) is 5. The van der Waals surface area contributed by atoms with Crippen molar-refractivity contribution in [2.75, 3.05) is 11.9 Å². The molecule has 0 spiro atoms. The zero-order valence-electron chi connectivity index (χ0n) is 14.0. The van der Waals surface area contributed by atoms with Crippen LogP contribution in [0.3, 0.4) is 0 Å². The number of anilines is 1. The molecule has 1 aliphatic rings. The Morgan fingerprint density at radius 3 is 2.72 bits per heavy atom. The Labute approximate surface area is 145 Å². The molecule has 128 valence electrons. The number of nitrogens with one attached hydrogen (secondary N) is 1. The van der Waals surface area contributed by atoms with Gasteiger partial charge in [0.2, 0.25) is 0 Å². The van der Waals surface area contributed by atoms with Crippen molar-refractivity contribution >= 4 is 29.8 Å². The molecule has 1 aliphatic heterocycles. The van der Waals surface area contributed by atoms with E-state index in [4.69, 9.17) is 9.47 Å². The Morgan fingerprint density at radius 1 is 1.24 bits per heavy atom. The van der Waals surface area contributed by atoms with Crippen molar-refractivity contribution in [2.45, 2.75) is 19.4 Å². The van der Waals surface area contributed by atoms with Crippen molar-refractivity contribution in [3.63, 3.8) is 0 Å². The van der Waals surface area contributed by atoms with Crippen LogP contribution in [0.5, 0.6) is 5.75 Å². The van der Waals surface area contributed by atoms with Crippen LogP contribution in [-0.2, 0) is 14.3 Å².